The molecule has 0 aromatic carbocycles. The normalized spacial score (nSPS) is 18.4. The maximum absolute atomic E-state index is 11.4. The van der Waals surface area contributed by atoms with Crippen molar-refractivity contribution in [2.75, 3.05) is 12.9 Å². The van der Waals surface area contributed by atoms with Crippen LogP contribution in [0.1, 0.15) is 31.2 Å². The first-order chi connectivity index (χ1) is 8.50. The van der Waals surface area contributed by atoms with Crippen molar-refractivity contribution < 1.29 is 13.5 Å². The fraction of sp³-hybridized carbons (Fsp3) is 0.538. The standard InChI is InChI=1S/C13H18O3S2/c1-18(15,16)13-7-12(9-17-13)11(8-14)6-10-4-2-3-5-10/h6-7,9-10,14H,2-5,8H2,1H3/b11-6-. The first kappa shape index (κ1) is 13.8. The molecule has 3 nitrogen and oxygen atoms in total. The minimum Gasteiger partial charge on any atom is -0.392 e. The van der Waals surface area contributed by atoms with Crippen LogP contribution in [0, 0.1) is 5.92 Å². The van der Waals surface area contributed by atoms with Crippen molar-refractivity contribution in [3.05, 3.63) is 23.1 Å². The van der Waals surface area contributed by atoms with E-state index in [0.29, 0.717) is 10.1 Å². The van der Waals surface area contributed by atoms with Gasteiger partial charge in [-0.2, -0.15) is 0 Å². The summed E-state index contributed by atoms with van der Waals surface area (Å²) in [5, 5.41) is 11.3. The summed E-state index contributed by atoms with van der Waals surface area (Å²) in [6, 6.07) is 1.66. The van der Waals surface area contributed by atoms with Crippen LogP contribution in [0.3, 0.4) is 0 Å². The lowest BCUT2D eigenvalue weighted by molar-refractivity contribution is 0.349. The number of sulfone groups is 1. The zero-order valence-electron chi connectivity index (χ0n) is 10.4. The number of allylic oxidation sites excluding steroid dienone is 1. The Balaban J connectivity index is 2.25. The summed E-state index contributed by atoms with van der Waals surface area (Å²) in [5.74, 6) is 0.536. The first-order valence-electron chi connectivity index (χ1n) is 6.11. The van der Waals surface area contributed by atoms with Gasteiger partial charge < -0.3 is 5.11 Å². The van der Waals surface area contributed by atoms with E-state index in [-0.39, 0.29) is 6.61 Å². The maximum Gasteiger partial charge on any atom is 0.184 e. The van der Waals surface area contributed by atoms with E-state index in [0.717, 1.165) is 11.1 Å². The Bertz CT molecular complexity index is 534. The van der Waals surface area contributed by atoms with E-state index in [1.807, 2.05) is 5.38 Å². The van der Waals surface area contributed by atoms with Gasteiger partial charge in [0.25, 0.3) is 0 Å². The highest BCUT2D eigenvalue weighted by Gasteiger charge is 2.16. The van der Waals surface area contributed by atoms with E-state index in [4.69, 9.17) is 0 Å². The Kier molecular flexibility index (Phi) is 4.25. The molecule has 1 aromatic heterocycles. The molecule has 1 saturated carbocycles. The summed E-state index contributed by atoms with van der Waals surface area (Å²) in [6.45, 7) is -0.0313. The Morgan fingerprint density at radius 3 is 2.67 bits per heavy atom. The van der Waals surface area contributed by atoms with Gasteiger partial charge in [-0.15, -0.1) is 11.3 Å². The molecule has 1 fully saturated rings. The average Bonchev–Trinajstić information content (AvgIpc) is 2.95. The third kappa shape index (κ3) is 3.22. The third-order valence-corrected chi connectivity index (χ3v) is 6.09. The number of aliphatic hydroxyl groups is 1. The molecule has 0 atom stereocenters. The highest BCUT2D eigenvalue weighted by atomic mass is 32.2. The van der Waals surface area contributed by atoms with Crippen LogP contribution < -0.4 is 0 Å². The number of thiophene rings is 1. The number of hydrogen-bond donors (Lipinski definition) is 1. The van der Waals surface area contributed by atoms with Crippen LogP contribution in [0.2, 0.25) is 0 Å². The zero-order chi connectivity index (χ0) is 13.2. The van der Waals surface area contributed by atoms with E-state index in [1.165, 1.54) is 43.3 Å². The smallest absolute Gasteiger partial charge is 0.184 e. The molecular formula is C13H18O3S2. The van der Waals surface area contributed by atoms with Crippen molar-refractivity contribution >= 4 is 26.7 Å². The van der Waals surface area contributed by atoms with E-state index in [9.17, 15) is 13.5 Å². The molecule has 5 heteroatoms. The summed E-state index contributed by atoms with van der Waals surface area (Å²) < 4.78 is 23.2. The number of rotatable bonds is 4. The van der Waals surface area contributed by atoms with Crippen LogP contribution in [0.5, 0.6) is 0 Å². The Hall–Kier alpha value is -0.650. The largest absolute Gasteiger partial charge is 0.392 e. The molecule has 1 N–H and O–H groups in total. The molecule has 1 aliphatic carbocycles. The highest BCUT2D eigenvalue weighted by molar-refractivity contribution is 7.92. The summed E-state index contributed by atoms with van der Waals surface area (Å²) in [4.78, 5) is 0. The molecule has 1 aliphatic rings. The average molecular weight is 286 g/mol. The summed E-state index contributed by atoms with van der Waals surface area (Å²) in [6.07, 6.45) is 8.17. The van der Waals surface area contributed by atoms with Gasteiger partial charge in [-0.05, 0) is 41.3 Å². The van der Waals surface area contributed by atoms with Crippen LogP contribution in [0.15, 0.2) is 21.7 Å². The summed E-state index contributed by atoms with van der Waals surface area (Å²) >= 11 is 1.22. The lowest BCUT2D eigenvalue weighted by atomic mass is 10.0. The minimum atomic E-state index is -3.14. The SMILES string of the molecule is CS(=O)(=O)c1cc(/C(=C\C2CCCC2)CO)cs1. The Morgan fingerprint density at radius 2 is 2.17 bits per heavy atom. The quantitative estimate of drug-likeness (QED) is 0.926. The second-order valence-electron chi connectivity index (χ2n) is 4.82. The van der Waals surface area contributed by atoms with Crippen LogP contribution in [-0.4, -0.2) is 26.4 Å². The molecule has 0 bridgehead atoms. The molecule has 2 rings (SSSR count). The highest BCUT2D eigenvalue weighted by Crippen LogP contribution is 2.31. The van der Waals surface area contributed by atoms with Gasteiger partial charge in [-0.1, -0.05) is 18.9 Å². The van der Waals surface area contributed by atoms with Gasteiger partial charge in [-0.3, -0.25) is 0 Å². The maximum atomic E-state index is 11.4. The molecule has 18 heavy (non-hydrogen) atoms. The molecule has 0 aliphatic heterocycles. The minimum absolute atomic E-state index is 0.0313. The van der Waals surface area contributed by atoms with Gasteiger partial charge in [0.15, 0.2) is 9.84 Å². The zero-order valence-corrected chi connectivity index (χ0v) is 12.1. The monoisotopic (exact) mass is 286 g/mol. The van der Waals surface area contributed by atoms with E-state index < -0.39 is 9.84 Å². The van der Waals surface area contributed by atoms with Gasteiger partial charge in [0.1, 0.15) is 4.21 Å². The van der Waals surface area contributed by atoms with Crippen LogP contribution in [0.25, 0.3) is 5.57 Å². The molecule has 0 spiro atoms. The molecule has 0 unspecified atom stereocenters. The van der Waals surface area contributed by atoms with Gasteiger partial charge in [-0.25, -0.2) is 8.42 Å². The topological polar surface area (TPSA) is 54.4 Å². The van der Waals surface area contributed by atoms with Crippen molar-refractivity contribution in [3.63, 3.8) is 0 Å². The fourth-order valence-corrected chi connectivity index (χ4v) is 4.17. The molecule has 0 radical (unpaired) electrons. The number of hydrogen-bond acceptors (Lipinski definition) is 4. The number of aliphatic hydroxyl groups excluding tert-OH is 1. The summed E-state index contributed by atoms with van der Waals surface area (Å²) in [5.41, 5.74) is 1.70. The van der Waals surface area contributed by atoms with Gasteiger partial charge in [0.05, 0.1) is 6.61 Å². The lowest BCUT2D eigenvalue weighted by Crippen LogP contribution is -1.96. The van der Waals surface area contributed by atoms with Crippen molar-refractivity contribution in [1.29, 1.82) is 0 Å². The molecular weight excluding hydrogens is 268 g/mol. The predicted octanol–water partition coefficient (Wildman–Crippen LogP) is 2.72. The van der Waals surface area contributed by atoms with Gasteiger partial charge in [0, 0.05) is 6.26 Å². The second-order valence-corrected chi connectivity index (χ2v) is 7.97. The van der Waals surface area contributed by atoms with Gasteiger partial charge >= 0.3 is 0 Å². The van der Waals surface area contributed by atoms with Crippen LogP contribution in [-0.2, 0) is 9.84 Å². The summed E-state index contributed by atoms with van der Waals surface area (Å²) in [7, 11) is -3.14. The van der Waals surface area contributed by atoms with E-state index >= 15 is 0 Å². The molecule has 0 amide bonds. The Morgan fingerprint density at radius 1 is 1.50 bits per heavy atom. The van der Waals surface area contributed by atoms with Gasteiger partial charge in [0.2, 0.25) is 0 Å². The van der Waals surface area contributed by atoms with Crippen molar-refractivity contribution in [2.24, 2.45) is 5.92 Å². The van der Waals surface area contributed by atoms with Crippen LogP contribution >= 0.6 is 11.3 Å². The van der Waals surface area contributed by atoms with Crippen molar-refractivity contribution in [2.45, 2.75) is 29.9 Å². The molecule has 1 aromatic rings. The van der Waals surface area contributed by atoms with E-state index in [1.54, 1.807) is 6.07 Å². The molecule has 0 saturated heterocycles. The first-order valence-corrected chi connectivity index (χ1v) is 8.88. The fourth-order valence-electron chi connectivity index (χ4n) is 2.33. The third-order valence-electron chi connectivity index (χ3n) is 3.32. The van der Waals surface area contributed by atoms with Crippen molar-refractivity contribution in [1.82, 2.24) is 0 Å². The molecule has 1 heterocycles. The second kappa shape index (κ2) is 5.55. The predicted molar refractivity (Wildman–Crippen MR) is 74.4 cm³/mol. The van der Waals surface area contributed by atoms with Crippen molar-refractivity contribution in [3.8, 4) is 0 Å². The van der Waals surface area contributed by atoms with E-state index in [2.05, 4.69) is 6.08 Å². The lowest BCUT2D eigenvalue weighted by Gasteiger charge is -2.06. The van der Waals surface area contributed by atoms with Crippen LogP contribution in [0.4, 0.5) is 0 Å². The Labute approximate surface area is 112 Å². The molecule has 100 valence electrons.